The quantitative estimate of drug-likeness (QED) is 0.814. The summed E-state index contributed by atoms with van der Waals surface area (Å²) in [4.78, 5) is 18.3. The number of nitrogens with zero attached hydrogens (tertiary/aromatic N) is 2. The number of rotatable bonds is 5. The Bertz CT molecular complexity index is 384. The average Bonchev–Trinajstić information content (AvgIpc) is 2.92. The number of carbonyl (C=O) groups excluding carboxylic acids is 1. The van der Waals surface area contributed by atoms with Gasteiger partial charge in [-0.2, -0.15) is 0 Å². The number of carbonyl (C=O) groups is 1. The van der Waals surface area contributed by atoms with Crippen molar-refractivity contribution in [2.24, 2.45) is 0 Å². The molecular formula is C13H20N4O. The Labute approximate surface area is 108 Å². The van der Waals surface area contributed by atoms with Gasteiger partial charge in [0.05, 0.1) is 11.9 Å². The van der Waals surface area contributed by atoms with Gasteiger partial charge in [-0.3, -0.25) is 4.79 Å². The van der Waals surface area contributed by atoms with Gasteiger partial charge in [-0.25, -0.2) is 4.98 Å². The summed E-state index contributed by atoms with van der Waals surface area (Å²) in [7, 11) is 1.83. The van der Waals surface area contributed by atoms with Gasteiger partial charge in [0, 0.05) is 20.1 Å². The van der Waals surface area contributed by atoms with Crippen LogP contribution in [0.2, 0.25) is 0 Å². The van der Waals surface area contributed by atoms with Crippen LogP contribution in [0.1, 0.15) is 23.3 Å². The van der Waals surface area contributed by atoms with E-state index in [9.17, 15) is 4.79 Å². The molecule has 5 nitrogen and oxygen atoms in total. The first-order valence-corrected chi connectivity index (χ1v) is 6.44. The molecule has 2 rings (SSSR count). The van der Waals surface area contributed by atoms with E-state index in [0.717, 1.165) is 25.3 Å². The zero-order valence-corrected chi connectivity index (χ0v) is 10.8. The van der Waals surface area contributed by atoms with E-state index < -0.39 is 0 Å². The minimum Gasteiger partial charge on any atom is -0.387 e. The van der Waals surface area contributed by atoms with Gasteiger partial charge in [0.2, 0.25) is 0 Å². The fourth-order valence-electron chi connectivity index (χ4n) is 2.10. The molecule has 0 saturated carbocycles. The first-order chi connectivity index (χ1) is 8.79. The lowest BCUT2D eigenvalue weighted by atomic mass is 10.3. The van der Waals surface area contributed by atoms with Crippen LogP contribution in [-0.2, 0) is 0 Å². The Balaban J connectivity index is 1.76. The molecule has 18 heavy (non-hydrogen) atoms. The van der Waals surface area contributed by atoms with E-state index in [1.54, 1.807) is 12.3 Å². The third kappa shape index (κ3) is 3.43. The van der Waals surface area contributed by atoms with Gasteiger partial charge in [0.1, 0.15) is 5.69 Å². The fourth-order valence-corrected chi connectivity index (χ4v) is 2.10. The molecule has 1 saturated heterocycles. The summed E-state index contributed by atoms with van der Waals surface area (Å²) >= 11 is 0. The van der Waals surface area contributed by atoms with Crippen molar-refractivity contribution in [2.45, 2.75) is 12.8 Å². The molecule has 0 spiro atoms. The molecule has 5 heteroatoms. The summed E-state index contributed by atoms with van der Waals surface area (Å²) in [6.45, 7) is 3.94. The molecule has 0 atom stereocenters. The number of pyridine rings is 1. The summed E-state index contributed by atoms with van der Waals surface area (Å²) in [5.41, 5.74) is 1.37. The topological polar surface area (TPSA) is 57.3 Å². The van der Waals surface area contributed by atoms with E-state index in [1.807, 2.05) is 13.1 Å². The standard InChI is InChI=1S/C13H20N4O/c1-14-11-4-5-12(16-10-11)13(18)15-6-9-17-7-2-3-8-17/h4-5,10,14H,2-3,6-9H2,1H3,(H,15,18). The van der Waals surface area contributed by atoms with Crippen molar-refractivity contribution in [3.05, 3.63) is 24.0 Å². The molecule has 1 aromatic heterocycles. The zero-order chi connectivity index (χ0) is 12.8. The maximum absolute atomic E-state index is 11.8. The van der Waals surface area contributed by atoms with Gasteiger partial charge >= 0.3 is 0 Å². The zero-order valence-electron chi connectivity index (χ0n) is 10.8. The highest BCUT2D eigenvalue weighted by Crippen LogP contribution is 2.06. The van der Waals surface area contributed by atoms with E-state index in [0.29, 0.717) is 12.2 Å². The Hall–Kier alpha value is -1.62. The number of aromatic nitrogens is 1. The molecule has 0 radical (unpaired) electrons. The number of amides is 1. The van der Waals surface area contributed by atoms with Crippen LogP contribution in [0, 0.1) is 0 Å². The smallest absolute Gasteiger partial charge is 0.269 e. The van der Waals surface area contributed by atoms with Gasteiger partial charge in [-0.1, -0.05) is 0 Å². The van der Waals surface area contributed by atoms with Gasteiger partial charge < -0.3 is 15.5 Å². The van der Waals surface area contributed by atoms with Gasteiger partial charge in [-0.05, 0) is 38.1 Å². The lowest BCUT2D eigenvalue weighted by molar-refractivity contribution is 0.0945. The molecule has 1 fully saturated rings. The lowest BCUT2D eigenvalue weighted by Crippen LogP contribution is -2.33. The van der Waals surface area contributed by atoms with E-state index in [2.05, 4.69) is 20.5 Å². The van der Waals surface area contributed by atoms with E-state index in [4.69, 9.17) is 0 Å². The minimum atomic E-state index is -0.100. The number of hydrogen-bond acceptors (Lipinski definition) is 4. The maximum atomic E-state index is 11.8. The summed E-state index contributed by atoms with van der Waals surface area (Å²) < 4.78 is 0. The maximum Gasteiger partial charge on any atom is 0.269 e. The Morgan fingerprint density at radius 2 is 2.17 bits per heavy atom. The summed E-state index contributed by atoms with van der Waals surface area (Å²) in [5.74, 6) is -0.100. The molecular weight excluding hydrogens is 228 g/mol. The van der Waals surface area contributed by atoms with Crippen LogP contribution in [0.5, 0.6) is 0 Å². The molecule has 1 aromatic rings. The van der Waals surface area contributed by atoms with Crippen LogP contribution < -0.4 is 10.6 Å². The van der Waals surface area contributed by atoms with Crippen LogP contribution in [0.4, 0.5) is 5.69 Å². The summed E-state index contributed by atoms with van der Waals surface area (Å²) in [6.07, 6.45) is 4.22. The third-order valence-corrected chi connectivity index (χ3v) is 3.20. The second-order valence-electron chi connectivity index (χ2n) is 4.49. The highest BCUT2D eigenvalue weighted by Gasteiger charge is 2.12. The molecule has 0 aliphatic carbocycles. The second kappa shape index (κ2) is 6.35. The number of hydrogen-bond donors (Lipinski definition) is 2. The lowest BCUT2D eigenvalue weighted by Gasteiger charge is -2.14. The van der Waals surface area contributed by atoms with Crippen molar-refractivity contribution < 1.29 is 4.79 Å². The van der Waals surface area contributed by atoms with Crippen molar-refractivity contribution in [2.75, 3.05) is 38.5 Å². The molecule has 2 N–H and O–H groups in total. The highest BCUT2D eigenvalue weighted by atomic mass is 16.1. The van der Waals surface area contributed by atoms with Crippen molar-refractivity contribution in [3.8, 4) is 0 Å². The van der Waals surface area contributed by atoms with Crippen molar-refractivity contribution in [1.82, 2.24) is 15.2 Å². The van der Waals surface area contributed by atoms with Gasteiger partial charge in [-0.15, -0.1) is 0 Å². The number of nitrogens with one attached hydrogen (secondary N) is 2. The van der Waals surface area contributed by atoms with Crippen LogP contribution in [-0.4, -0.2) is 49.0 Å². The molecule has 1 aliphatic heterocycles. The van der Waals surface area contributed by atoms with Crippen molar-refractivity contribution >= 4 is 11.6 Å². The minimum absolute atomic E-state index is 0.100. The second-order valence-corrected chi connectivity index (χ2v) is 4.49. The van der Waals surface area contributed by atoms with Crippen molar-refractivity contribution in [1.29, 1.82) is 0 Å². The monoisotopic (exact) mass is 248 g/mol. The van der Waals surface area contributed by atoms with E-state index in [1.165, 1.54) is 12.8 Å². The summed E-state index contributed by atoms with van der Waals surface area (Å²) in [5, 5.41) is 5.87. The largest absolute Gasteiger partial charge is 0.387 e. The normalized spacial score (nSPS) is 15.6. The molecule has 0 bridgehead atoms. The van der Waals surface area contributed by atoms with Crippen LogP contribution in [0.15, 0.2) is 18.3 Å². The Kier molecular flexibility index (Phi) is 4.52. The van der Waals surface area contributed by atoms with Crippen LogP contribution in [0.3, 0.4) is 0 Å². The Morgan fingerprint density at radius 3 is 2.78 bits per heavy atom. The van der Waals surface area contributed by atoms with Crippen LogP contribution in [0.25, 0.3) is 0 Å². The molecule has 1 amide bonds. The first kappa shape index (κ1) is 12.8. The number of likely N-dealkylation sites (tertiary alicyclic amines) is 1. The van der Waals surface area contributed by atoms with E-state index in [-0.39, 0.29) is 5.91 Å². The van der Waals surface area contributed by atoms with E-state index >= 15 is 0 Å². The Morgan fingerprint density at radius 1 is 1.39 bits per heavy atom. The van der Waals surface area contributed by atoms with Gasteiger partial charge in [0.25, 0.3) is 5.91 Å². The number of anilines is 1. The highest BCUT2D eigenvalue weighted by molar-refractivity contribution is 5.92. The SMILES string of the molecule is CNc1ccc(C(=O)NCCN2CCCC2)nc1. The molecule has 98 valence electrons. The summed E-state index contributed by atoms with van der Waals surface area (Å²) in [6, 6.07) is 3.58. The van der Waals surface area contributed by atoms with Crippen molar-refractivity contribution in [3.63, 3.8) is 0 Å². The van der Waals surface area contributed by atoms with Crippen LogP contribution >= 0.6 is 0 Å². The van der Waals surface area contributed by atoms with Gasteiger partial charge in [0.15, 0.2) is 0 Å². The average molecular weight is 248 g/mol. The molecule has 0 unspecified atom stereocenters. The fraction of sp³-hybridized carbons (Fsp3) is 0.538. The predicted molar refractivity (Wildman–Crippen MR) is 71.8 cm³/mol. The first-order valence-electron chi connectivity index (χ1n) is 6.44. The molecule has 0 aromatic carbocycles. The molecule has 2 heterocycles. The third-order valence-electron chi connectivity index (χ3n) is 3.20. The molecule has 1 aliphatic rings. The predicted octanol–water partition coefficient (Wildman–Crippen LogP) is 0.949.